The second-order valence-electron chi connectivity index (χ2n) is 11.5. The molecular formula is C26H37F2N3O2. The molecule has 6 rings (SSSR count). The van der Waals surface area contributed by atoms with E-state index in [9.17, 15) is 19.0 Å². The van der Waals surface area contributed by atoms with Crippen LogP contribution in [0.15, 0.2) is 18.2 Å². The number of fused-ring (bicyclic) bond motifs is 1. The number of likely N-dealkylation sites (tertiary alicyclic amines) is 3. The Bertz CT molecular complexity index is 910. The van der Waals surface area contributed by atoms with Gasteiger partial charge in [-0.05, 0) is 80.8 Å². The van der Waals surface area contributed by atoms with E-state index in [1.807, 2.05) is 11.0 Å². The predicted molar refractivity (Wildman–Crippen MR) is 123 cm³/mol. The lowest BCUT2D eigenvalue weighted by molar-refractivity contribution is -0.149. The van der Waals surface area contributed by atoms with Gasteiger partial charge in [0.1, 0.15) is 5.75 Å². The van der Waals surface area contributed by atoms with Crippen LogP contribution in [-0.2, 0) is 11.8 Å². The second kappa shape index (κ2) is 7.87. The summed E-state index contributed by atoms with van der Waals surface area (Å²) in [7, 11) is 0. The average molecular weight is 462 g/mol. The molecule has 0 unspecified atom stereocenters. The Labute approximate surface area is 195 Å². The van der Waals surface area contributed by atoms with Crippen LogP contribution in [0.3, 0.4) is 0 Å². The minimum Gasteiger partial charge on any atom is -0.508 e. The Morgan fingerprint density at radius 2 is 1.67 bits per heavy atom. The zero-order valence-corrected chi connectivity index (χ0v) is 19.5. The van der Waals surface area contributed by atoms with Crippen LogP contribution < -0.4 is 0 Å². The highest BCUT2D eigenvalue weighted by atomic mass is 19.3. The summed E-state index contributed by atoms with van der Waals surface area (Å²) in [6, 6.07) is 5.88. The summed E-state index contributed by atoms with van der Waals surface area (Å²) >= 11 is 0. The monoisotopic (exact) mass is 461 g/mol. The van der Waals surface area contributed by atoms with Crippen molar-refractivity contribution >= 4 is 0 Å². The highest BCUT2D eigenvalue weighted by Crippen LogP contribution is 2.56. The Balaban J connectivity index is 1.26. The third kappa shape index (κ3) is 3.79. The molecule has 182 valence electrons. The number of hydrogen-bond acceptors (Lipinski definition) is 5. The zero-order valence-electron chi connectivity index (χ0n) is 19.5. The van der Waals surface area contributed by atoms with E-state index in [2.05, 4.69) is 15.9 Å². The maximum atomic E-state index is 13.6. The Morgan fingerprint density at radius 1 is 0.939 bits per heavy atom. The molecule has 1 saturated carbocycles. The van der Waals surface area contributed by atoms with Crippen LogP contribution in [0.4, 0.5) is 8.78 Å². The lowest BCUT2D eigenvalue weighted by Gasteiger charge is -2.61. The molecular weight excluding hydrogens is 424 g/mol. The number of aromatic hydroxyl groups is 1. The van der Waals surface area contributed by atoms with Crippen molar-refractivity contribution in [2.75, 3.05) is 52.4 Å². The lowest BCUT2D eigenvalue weighted by atomic mass is 9.52. The molecule has 3 atom stereocenters. The zero-order chi connectivity index (χ0) is 22.8. The number of phenols is 1. The number of piperidine rings is 1. The number of aliphatic hydroxyl groups is 1. The lowest BCUT2D eigenvalue weighted by Crippen LogP contribution is -2.71. The van der Waals surface area contributed by atoms with E-state index in [-0.39, 0.29) is 30.2 Å². The molecule has 5 nitrogen and oxygen atoms in total. The van der Waals surface area contributed by atoms with Crippen molar-refractivity contribution < 1.29 is 19.0 Å². The largest absolute Gasteiger partial charge is 0.508 e. The molecule has 7 heteroatoms. The number of halogens is 2. The normalized spacial score (nSPS) is 36.9. The summed E-state index contributed by atoms with van der Waals surface area (Å²) in [4.78, 5) is 6.83. The molecule has 3 aliphatic heterocycles. The number of rotatable bonds is 5. The molecule has 0 radical (unpaired) electrons. The molecule has 3 saturated heterocycles. The van der Waals surface area contributed by atoms with Crippen molar-refractivity contribution in [2.24, 2.45) is 5.92 Å². The minimum absolute atomic E-state index is 0.0331. The predicted octanol–water partition coefficient (Wildman–Crippen LogP) is 2.84. The van der Waals surface area contributed by atoms with Crippen molar-refractivity contribution in [3.05, 3.63) is 29.3 Å². The smallest absolute Gasteiger partial charge is 0.261 e. The topological polar surface area (TPSA) is 50.2 Å². The number of alkyl halides is 2. The highest BCUT2D eigenvalue weighted by Gasteiger charge is 2.63. The maximum Gasteiger partial charge on any atom is 0.261 e. The van der Waals surface area contributed by atoms with Gasteiger partial charge in [0.2, 0.25) is 0 Å². The second-order valence-corrected chi connectivity index (χ2v) is 11.5. The first kappa shape index (κ1) is 22.2. The average Bonchev–Trinajstić information content (AvgIpc) is 3.54. The number of benzene rings is 1. The van der Waals surface area contributed by atoms with E-state index >= 15 is 0 Å². The van der Waals surface area contributed by atoms with Gasteiger partial charge >= 0.3 is 0 Å². The molecule has 0 spiro atoms. The quantitative estimate of drug-likeness (QED) is 0.706. The molecule has 2 bridgehead atoms. The fourth-order valence-corrected chi connectivity index (χ4v) is 7.42. The van der Waals surface area contributed by atoms with E-state index in [0.717, 1.165) is 63.5 Å². The molecule has 4 fully saturated rings. The van der Waals surface area contributed by atoms with Gasteiger partial charge in [0, 0.05) is 50.6 Å². The molecule has 2 aliphatic carbocycles. The van der Waals surface area contributed by atoms with Crippen LogP contribution in [0.25, 0.3) is 0 Å². The fourth-order valence-electron chi connectivity index (χ4n) is 7.42. The summed E-state index contributed by atoms with van der Waals surface area (Å²) in [5, 5.41) is 22.8. The van der Waals surface area contributed by atoms with E-state index < -0.39 is 11.5 Å². The van der Waals surface area contributed by atoms with E-state index in [4.69, 9.17) is 0 Å². The van der Waals surface area contributed by atoms with Gasteiger partial charge < -0.3 is 15.1 Å². The van der Waals surface area contributed by atoms with Crippen molar-refractivity contribution in [2.45, 2.75) is 67.9 Å². The molecule has 1 aromatic carbocycles. The first-order chi connectivity index (χ1) is 15.8. The molecule has 1 aromatic rings. The summed E-state index contributed by atoms with van der Waals surface area (Å²) in [6.07, 6.45) is 5.88. The Kier molecular flexibility index (Phi) is 5.29. The van der Waals surface area contributed by atoms with Crippen LogP contribution in [0.1, 0.15) is 49.7 Å². The molecule has 0 aromatic heterocycles. The van der Waals surface area contributed by atoms with Crippen LogP contribution in [0.5, 0.6) is 5.75 Å². The SMILES string of the molecule is Oc1ccc2c(c1)[C@@]13CCN(CCN4CCC(F)(F)C4)CC[C@@]1(O)[C@@H](C2)N(CC1CC1)CC3. The third-order valence-electron chi connectivity index (χ3n) is 9.50. The Morgan fingerprint density at radius 3 is 2.42 bits per heavy atom. The van der Waals surface area contributed by atoms with Crippen LogP contribution in [0, 0.1) is 5.92 Å². The van der Waals surface area contributed by atoms with Gasteiger partial charge in [-0.15, -0.1) is 0 Å². The minimum atomic E-state index is -2.55. The van der Waals surface area contributed by atoms with Gasteiger partial charge in [-0.1, -0.05) is 6.07 Å². The molecule has 33 heavy (non-hydrogen) atoms. The summed E-state index contributed by atoms with van der Waals surface area (Å²) < 4.78 is 27.2. The summed E-state index contributed by atoms with van der Waals surface area (Å²) in [5.41, 5.74) is 1.25. The standard InChI is InChI=1S/C26H37F2N3O2/c27-25(28)7-10-30(18-25)14-13-29-9-5-24-6-12-31(17-19-1-2-19)23(26(24,33)8-11-29)15-20-3-4-21(32)16-22(20)24/h3-4,16,19,23,32-33H,1-2,5-15,17-18H2/t23-,24+,26-/m1/s1. The summed E-state index contributed by atoms with van der Waals surface area (Å²) in [5.74, 6) is -1.49. The van der Waals surface area contributed by atoms with Crippen LogP contribution >= 0.6 is 0 Å². The summed E-state index contributed by atoms with van der Waals surface area (Å²) in [6.45, 7) is 5.52. The number of hydrogen-bond donors (Lipinski definition) is 2. The number of nitrogens with zero attached hydrogens (tertiary/aromatic N) is 3. The van der Waals surface area contributed by atoms with Gasteiger partial charge in [-0.2, -0.15) is 0 Å². The van der Waals surface area contributed by atoms with Gasteiger partial charge in [-0.25, -0.2) is 8.78 Å². The van der Waals surface area contributed by atoms with Gasteiger partial charge in [0.25, 0.3) is 5.92 Å². The molecule has 5 aliphatic rings. The highest BCUT2D eigenvalue weighted by molar-refractivity contribution is 5.48. The van der Waals surface area contributed by atoms with E-state index in [1.165, 1.54) is 18.4 Å². The molecule has 2 N–H and O–H groups in total. The molecule has 3 heterocycles. The van der Waals surface area contributed by atoms with Crippen molar-refractivity contribution in [3.63, 3.8) is 0 Å². The molecule has 0 amide bonds. The maximum absolute atomic E-state index is 13.6. The first-order valence-corrected chi connectivity index (χ1v) is 12.9. The van der Waals surface area contributed by atoms with Crippen LogP contribution in [-0.4, -0.2) is 94.8 Å². The first-order valence-electron chi connectivity index (χ1n) is 12.9. The Hall–Kier alpha value is -1.28. The number of phenolic OH excluding ortho intramolecular Hbond substituents is 1. The van der Waals surface area contributed by atoms with E-state index in [1.54, 1.807) is 6.07 Å². The van der Waals surface area contributed by atoms with Crippen molar-refractivity contribution in [1.82, 2.24) is 14.7 Å². The fraction of sp³-hybridized carbons (Fsp3) is 0.769. The third-order valence-corrected chi connectivity index (χ3v) is 9.50. The van der Waals surface area contributed by atoms with Crippen LogP contribution in [0.2, 0.25) is 0 Å². The van der Waals surface area contributed by atoms with Gasteiger partial charge in [0.15, 0.2) is 0 Å². The van der Waals surface area contributed by atoms with Crippen molar-refractivity contribution in [1.29, 1.82) is 0 Å². The van der Waals surface area contributed by atoms with Gasteiger partial charge in [0.05, 0.1) is 12.1 Å². The van der Waals surface area contributed by atoms with Crippen molar-refractivity contribution in [3.8, 4) is 5.75 Å². The van der Waals surface area contributed by atoms with Gasteiger partial charge in [-0.3, -0.25) is 9.80 Å². The van der Waals surface area contributed by atoms with E-state index in [0.29, 0.717) is 19.5 Å².